The standard InChI is InChI=1S/C27H27N3O2/c1-30(23-15-9-4-10-16-23)20-19-28-24(31)17-18-25-29-26(21-11-5-2-6-12-21)27(32-25)22-13-7-3-8-14-22/h2-16H,17-20H2,1H3,(H,28,31). The molecule has 0 fully saturated rings. The first-order chi connectivity index (χ1) is 15.7. The van der Waals surface area contributed by atoms with Gasteiger partial charge in [0.1, 0.15) is 5.69 Å². The van der Waals surface area contributed by atoms with Crippen LogP contribution in [0, 0.1) is 0 Å². The van der Waals surface area contributed by atoms with Gasteiger partial charge < -0.3 is 14.6 Å². The van der Waals surface area contributed by atoms with E-state index in [1.54, 1.807) is 0 Å². The van der Waals surface area contributed by atoms with Crippen molar-refractivity contribution in [3.05, 3.63) is 96.9 Å². The van der Waals surface area contributed by atoms with Crippen LogP contribution in [0.3, 0.4) is 0 Å². The van der Waals surface area contributed by atoms with Crippen molar-refractivity contribution in [2.45, 2.75) is 12.8 Å². The number of rotatable bonds is 9. The molecule has 4 aromatic rings. The van der Waals surface area contributed by atoms with Crippen LogP contribution in [-0.2, 0) is 11.2 Å². The quantitative estimate of drug-likeness (QED) is 0.401. The van der Waals surface area contributed by atoms with E-state index in [2.05, 4.69) is 22.3 Å². The van der Waals surface area contributed by atoms with Crippen LogP contribution < -0.4 is 10.2 Å². The van der Waals surface area contributed by atoms with Gasteiger partial charge in [-0.1, -0.05) is 78.9 Å². The van der Waals surface area contributed by atoms with Gasteiger partial charge in [-0.25, -0.2) is 4.98 Å². The molecule has 0 saturated carbocycles. The van der Waals surface area contributed by atoms with E-state index < -0.39 is 0 Å². The molecule has 0 bridgehead atoms. The molecule has 1 aromatic heterocycles. The highest BCUT2D eigenvalue weighted by molar-refractivity contribution is 5.78. The third-order valence-electron chi connectivity index (χ3n) is 5.29. The van der Waals surface area contributed by atoms with Gasteiger partial charge in [0.05, 0.1) is 0 Å². The number of nitrogens with one attached hydrogen (secondary N) is 1. The lowest BCUT2D eigenvalue weighted by atomic mass is 10.1. The average molecular weight is 426 g/mol. The first-order valence-electron chi connectivity index (χ1n) is 10.8. The lowest BCUT2D eigenvalue weighted by molar-refractivity contribution is -0.121. The Balaban J connectivity index is 1.37. The minimum Gasteiger partial charge on any atom is -0.440 e. The van der Waals surface area contributed by atoms with Crippen molar-refractivity contribution >= 4 is 11.6 Å². The van der Waals surface area contributed by atoms with Crippen LogP contribution in [0.1, 0.15) is 12.3 Å². The summed E-state index contributed by atoms with van der Waals surface area (Å²) in [5.74, 6) is 1.29. The molecule has 1 amide bonds. The molecule has 5 nitrogen and oxygen atoms in total. The number of hydrogen-bond acceptors (Lipinski definition) is 4. The fourth-order valence-corrected chi connectivity index (χ4v) is 3.53. The zero-order valence-corrected chi connectivity index (χ0v) is 18.2. The summed E-state index contributed by atoms with van der Waals surface area (Å²) >= 11 is 0. The minimum absolute atomic E-state index is 0.00724. The lowest BCUT2D eigenvalue weighted by Gasteiger charge is -2.19. The number of anilines is 1. The fraction of sp³-hybridized carbons (Fsp3) is 0.185. The van der Waals surface area contributed by atoms with E-state index in [4.69, 9.17) is 9.40 Å². The number of para-hydroxylation sites is 1. The number of carbonyl (C=O) groups is 1. The van der Waals surface area contributed by atoms with Crippen molar-refractivity contribution < 1.29 is 9.21 Å². The molecule has 0 atom stereocenters. The van der Waals surface area contributed by atoms with Gasteiger partial charge in [0.2, 0.25) is 5.91 Å². The Hall–Kier alpha value is -3.86. The summed E-state index contributed by atoms with van der Waals surface area (Å²) in [6, 6.07) is 30.0. The number of oxazole rings is 1. The van der Waals surface area contributed by atoms with Crippen LogP contribution in [0.5, 0.6) is 0 Å². The topological polar surface area (TPSA) is 58.4 Å². The van der Waals surface area contributed by atoms with Gasteiger partial charge in [-0.05, 0) is 12.1 Å². The van der Waals surface area contributed by atoms with Crippen molar-refractivity contribution in [2.24, 2.45) is 0 Å². The normalized spacial score (nSPS) is 10.7. The molecule has 1 heterocycles. The summed E-state index contributed by atoms with van der Waals surface area (Å²) in [5, 5.41) is 2.99. The Morgan fingerprint density at radius 1 is 0.875 bits per heavy atom. The molecule has 0 aliphatic heterocycles. The highest BCUT2D eigenvalue weighted by atomic mass is 16.4. The third kappa shape index (κ3) is 5.43. The Labute approximate surface area is 188 Å². The van der Waals surface area contributed by atoms with Crippen molar-refractivity contribution in [3.8, 4) is 22.6 Å². The van der Waals surface area contributed by atoms with Crippen LogP contribution >= 0.6 is 0 Å². The molecule has 0 spiro atoms. The summed E-state index contributed by atoms with van der Waals surface area (Å²) in [4.78, 5) is 19.2. The molecule has 0 saturated heterocycles. The summed E-state index contributed by atoms with van der Waals surface area (Å²) in [6.07, 6.45) is 0.783. The second-order valence-corrected chi connectivity index (χ2v) is 7.62. The molecule has 0 aliphatic carbocycles. The summed E-state index contributed by atoms with van der Waals surface area (Å²) in [5.41, 5.74) is 3.90. The van der Waals surface area contributed by atoms with Gasteiger partial charge in [-0.2, -0.15) is 0 Å². The highest BCUT2D eigenvalue weighted by Crippen LogP contribution is 2.32. The molecule has 3 aromatic carbocycles. The van der Waals surface area contributed by atoms with E-state index in [0.717, 1.165) is 34.8 Å². The number of benzene rings is 3. The van der Waals surface area contributed by atoms with Crippen LogP contribution in [0.4, 0.5) is 5.69 Å². The number of nitrogens with zero attached hydrogens (tertiary/aromatic N) is 2. The zero-order chi connectivity index (χ0) is 22.2. The highest BCUT2D eigenvalue weighted by Gasteiger charge is 2.17. The van der Waals surface area contributed by atoms with E-state index >= 15 is 0 Å². The van der Waals surface area contributed by atoms with Gasteiger partial charge in [-0.3, -0.25) is 4.79 Å². The second kappa shape index (κ2) is 10.4. The van der Waals surface area contributed by atoms with Crippen LogP contribution in [0.25, 0.3) is 22.6 Å². The molecule has 32 heavy (non-hydrogen) atoms. The van der Waals surface area contributed by atoms with Crippen LogP contribution in [0.15, 0.2) is 95.4 Å². The van der Waals surface area contributed by atoms with E-state index in [1.165, 1.54) is 0 Å². The molecular formula is C27H27N3O2. The fourth-order valence-electron chi connectivity index (χ4n) is 3.53. The largest absolute Gasteiger partial charge is 0.440 e. The van der Waals surface area contributed by atoms with Crippen molar-refractivity contribution in [1.82, 2.24) is 10.3 Å². The number of aromatic nitrogens is 1. The Morgan fingerprint density at radius 2 is 1.47 bits per heavy atom. The molecule has 0 unspecified atom stereocenters. The SMILES string of the molecule is CN(CCNC(=O)CCc1nc(-c2ccccc2)c(-c2ccccc2)o1)c1ccccc1. The molecule has 1 N–H and O–H groups in total. The molecule has 4 rings (SSSR count). The maximum Gasteiger partial charge on any atom is 0.220 e. The van der Waals surface area contributed by atoms with Gasteiger partial charge in [-0.15, -0.1) is 0 Å². The van der Waals surface area contributed by atoms with E-state index in [-0.39, 0.29) is 5.91 Å². The summed E-state index contributed by atoms with van der Waals surface area (Å²) in [7, 11) is 2.02. The first-order valence-corrected chi connectivity index (χ1v) is 10.8. The number of likely N-dealkylation sites (N-methyl/N-ethyl adjacent to an activating group) is 1. The number of amides is 1. The van der Waals surface area contributed by atoms with Crippen molar-refractivity contribution in [3.63, 3.8) is 0 Å². The Kier molecular flexibility index (Phi) is 6.98. The summed E-state index contributed by atoms with van der Waals surface area (Å²) < 4.78 is 6.11. The van der Waals surface area contributed by atoms with E-state index in [0.29, 0.717) is 25.3 Å². The Morgan fingerprint density at radius 3 is 2.12 bits per heavy atom. The maximum atomic E-state index is 12.4. The first kappa shape index (κ1) is 21.4. The van der Waals surface area contributed by atoms with E-state index in [1.807, 2.05) is 85.9 Å². The van der Waals surface area contributed by atoms with Gasteiger partial charge in [0.25, 0.3) is 0 Å². The van der Waals surface area contributed by atoms with Gasteiger partial charge in [0.15, 0.2) is 11.7 Å². The molecule has 0 radical (unpaired) electrons. The van der Waals surface area contributed by atoms with Crippen molar-refractivity contribution in [1.29, 1.82) is 0 Å². The van der Waals surface area contributed by atoms with Crippen LogP contribution in [0.2, 0.25) is 0 Å². The smallest absolute Gasteiger partial charge is 0.220 e. The van der Waals surface area contributed by atoms with Gasteiger partial charge in [0, 0.05) is 49.8 Å². The predicted octanol–water partition coefficient (Wildman–Crippen LogP) is 5.19. The number of hydrogen-bond donors (Lipinski definition) is 1. The number of aryl methyl sites for hydroxylation is 1. The lowest BCUT2D eigenvalue weighted by Crippen LogP contribution is -2.33. The molecule has 162 valence electrons. The predicted molar refractivity (Wildman–Crippen MR) is 128 cm³/mol. The maximum absolute atomic E-state index is 12.4. The molecule has 5 heteroatoms. The molecule has 0 aliphatic rings. The Bertz CT molecular complexity index is 1070. The third-order valence-corrected chi connectivity index (χ3v) is 5.29. The second-order valence-electron chi connectivity index (χ2n) is 7.62. The summed E-state index contributed by atoms with van der Waals surface area (Å²) in [6.45, 7) is 1.32. The average Bonchev–Trinajstić information content (AvgIpc) is 3.29. The van der Waals surface area contributed by atoms with E-state index in [9.17, 15) is 4.79 Å². The molecular weight excluding hydrogens is 398 g/mol. The minimum atomic E-state index is -0.00724. The van der Waals surface area contributed by atoms with Gasteiger partial charge >= 0.3 is 0 Å². The number of carbonyl (C=O) groups excluding carboxylic acids is 1. The van der Waals surface area contributed by atoms with Crippen molar-refractivity contribution in [2.75, 3.05) is 25.0 Å². The zero-order valence-electron chi connectivity index (χ0n) is 18.2. The van der Waals surface area contributed by atoms with Crippen LogP contribution in [-0.4, -0.2) is 31.0 Å². The monoisotopic (exact) mass is 425 g/mol.